The average Bonchev–Trinajstić information content (AvgIpc) is 2.52. The Bertz CT molecular complexity index is 835. The number of carbonyl (C=O) groups is 1. The van der Waals surface area contributed by atoms with Crippen LogP contribution in [0.1, 0.15) is 69.1 Å². The Hall–Kier alpha value is -0.634. The quantitative estimate of drug-likeness (QED) is 0.564. The molecule has 0 amide bonds. The van der Waals surface area contributed by atoms with Gasteiger partial charge in [-0.2, -0.15) is 0 Å². The van der Waals surface area contributed by atoms with E-state index in [4.69, 9.17) is 0 Å². The minimum Gasteiger partial charge on any atom is -0.748 e. The van der Waals surface area contributed by atoms with Crippen LogP contribution in [0.25, 0.3) is 0 Å². The van der Waals surface area contributed by atoms with Gasteiger partial charge in [0.25, 0.3) is 0 Å². The number of carboxylic acid groups (broad SMARTS) is 1. The van der Waals surface area contributed by atoms with Gasteiger partial charge in [-0.1, -0.05) is 45.4 Å². The topological polar surface area (TPSA) is 97.3 Å². The molecule has 1 fully saturated rings. The number of benzene rings is 1. The van der Waals surface area contributed by atoms with Crippen molar-refractivity contribution in [2.75, 3.05) is 5.75 Å². The Morgan fingerprint density at radius 2 is 1.96 bits per heavy atom. The van der Waals surface area contributed by atoms with E-state index in [0.717, 1.165) is 12.0 Å². The molecule has 3 rings (SSSR count). The molecule has 0 spiro atoms. The predicted molar refractivity (Wildman–Crippen MR) is 101 cm³/mol. The number of rotatable bonds is 4. The van der Waals surface area contributed by atoms with Crippen molar-refractivity contribution in [3.8, 4) is 0 Å². The van der Waals surface area contributed by atoms with Crippen LogP contribution in [0.2, 0.25) is 0 Å². The molecule has 1 aromatic carbocycles. The predicted octanol–water partition coefficient (Wildman–Crippen LogP) is 1.71. The zero-order valence-corrected chi connectivity index (χ0v) is 18.5. The second-order valence-corrected chi connectivity index (χ2v) is 9.98. The molecule has 0 bridgehead atoms. The van der Waals surface area contributed by atoms with Crippen LogP contribution in [0.15, 0.2) is 18.2 Å². The molecule has 1 aromatic rings. The molecule has 0 saturated heterocycles. The molecule has 5 nitrogen and oxygen atoms in total. The monoisotopic (exact) mass is 402 g/mol. The summed E-state index contributed by atoms with van der Waals surface area (Å²) in [4.78, 5) is 12.1. The van der Waals surface area contributed by atoms with Gasteiger partial charge in [-0.25, -0.2) is 8.42 Å². The molecule has 0 radical (unpaired) electrons. The molecule has 7 heteroatoms. The molecule has 0 aromatic heterocycles. The average molecular weight is 403 g/mol. The summed E-state index contributed by atoms with van der Waals surface area (Å²) in [5, 5.41) is 12.1. The molecule has 0 heterocycles. The Balaban J connectivity index is 0.00000261. The van der Waals surface area contributed by atoms with Crippen molar-refractivity contribution < 1.29 is 22.9 Å². The summed E-state index contributed by atoms with van der Waals surface area (Å²) in [7, 11) is -4.67. The van der Waals surface area contributed by atoms with Gasteiger partial charge in [0, 0.05) is 17.1 Å². The molecule has 3 atom stereocenters. The zero-order valence-electron chi connectivity index (χ0n) is 16.3. The van der Waals surface area contributed by atoms with Gasteiger partial charge in [-0.15, -0.1) is 0 Å². The first-order valence-electron chi connectivity index (χ1n) is 9.28. The van der Waals surface area contributed by atoms with Crippen LogP contribution in [0.3, 0.4) is 0 Å². The van der Waals surface area contributed by atoms with Crippen LogP contribution in [-0.2, 0) is 26.7 Å². The minimum atomic E-state index is -4.67. The van der Waals surface area contributed by atoms with E-state index < -0.39 is 38.6 Å². The van der Waals surface area contributed by atoms with E-state index in [1.807, 2.05) is 6.92 Å². The molecule has 2 aliphatic carbocycles. The standard InChI is InChI=1S/C20H28O5S.Mg/c1-13(2)14-5-7-16-15(11-14)6-8-17-19(16,3)9-4-10-20(17,18(21)22)12-26(23,24)25;/h5,7,11,13,17H,4,6,8-10,12H2,1-3H3,(H,21,22)(H,23,24,25);/q;+2/p-2/t17-,19-,20-;/m1./s1. The van der Waals surface area contributed by atoms with Crippen molar-refractivity contribution in [3.63, 3.8) is 0 Å². The molecule has 0 N–H and O–H groups in total. The Morgan fingerprint density at radius 3 is 2.52 bits per heavy atom. The first-order chi connectivity index (χ1) is 12.0. The molecule has 27 heavy (non-hydrogen) atoms. The van der Waals surface area contributed by atoms with Crippen LogP contribution < -0.4 is 5.11 Å². The van der Waals surface area contributed by atoms with Crippen LogP contribution >= 0.6 is 0 Å². The van der Waals surface area contributed by atoms with Gasteiger partial charge in [0.15, 0.2) is 0 Å². The first kappa shape index (κ1) is 22.7. The van der Waals surface area contributed by atoms with E-state index in [9.17, 15) is 22.9 Å². The second kappa shape index (κ2) is 7.65. The molecule has 144 valence electrons. The van der Waals surface area contributed by atoms with Crippen molar-refractivity contribution in [3.05, 3.63) is 34.9 Å². The summed E-state index contributed by atoms with van der Waals surface area (Å²) in [6, 6.07) is 6.35. The van der Waals surface area contributed by atoms with Gasteiger partial charge >= 0.3 is 23.1 Å². The molecule has 2 aliphatic rings. The van der Waals surface area contributed by atoms with Crippen LogP contribution in [0, 0.1) is 11.3 Å². The second-order valence-electron chi connectivity index (χ2n) is 8.58. The van der Waals surface area contributed by atoms with Crippen molar-refractivity contribution in [1.29, 1.82) is 0 Å². The number of hydrogen-bond acceptors (Lipinski definition) is 5. The van der Waals surface area contributed by atoms with E-state index in [0.29, 0.717) is 25.2 Å². The number of carboxylic acids is 1. The number of aryl methyl sites for hydroxylation is 1. The Kier molecular flexibility index (Phi) is 6.42. The fraction of sp³-hybridized carbons (Fsp3) is 0.650. The third-order valence-corrected chi connectivity index (χ3v) is 7.58. The van der Waals surface area contributed by atoms with Gasteiger partial charge in [-0.05, 0) is 59.6 Å². The van der Waals surface area contributed by atoms with Crippen molar-refractivity contribution in [1.82, 2.24) is 0 Å². The van der Waals surface area contributed by atoms with E-state index >= 15 is 0 Å². The maximum Gasteiger partial charge on any atom is 2.00 e. The largest absolute Gasteiger partial charge is 2.00 e. The smallest absolute Gasteiger partial charge is 0.748 e. The fourth-order valence-corrected chi connectivity index (χ4v) is 6.57. The van der Waals surface area contributed by atoms with Crippen LogP contribution in [0.4, 0.5) is 0 Å². The fourth-order valence-electron chi connectivity index (χ4n) is 5.47. The van der Waals surface area contributed by atoms with Crippen molar-refractivity contribution in [2.24, 2.45) is 11.3 Å². The first-order valence-corrected chi connectivity index (χ1v) is 10.9. The molecule has 1 saturated carbocycles. The van der Waals surface area contributed by atoms with E-state index in [1.165, 1.54) is 11.1 Å². The molecular formula is C20H26MgO5S. The normalized spacial score (nSPS) is 30.2. The van der Waals surface area contributed by atoms with Gasteiger partial charge in [-0.3, -0.25) is 0 Å². The third-order valence-electron chi connectivity index (χ3n) is 6.71. The summed E-state index contributed by atoms with van der Waals surface area (Å²) in [5.41, 5.74) is 1.52. The van der Waals surface area contributed by atoms with E-state index in [1.54, 1.807) is 0 Å². The number of hydrogen-bond donors (Lipinski definition) is 0. The van der Waals surface area contributed by atoms with Gasteiger partial charge < -0.3 is 14.5 Å². The Labute approximate surface area is 177 Å². The maximum absolute atomic E-state index is 12.1. The summed E-state index contributed by atoms with van der Waals surface area (Å²) in [5.74, 6) is -2.27. The SMILES string of the molecule is CC(C)c1ccc2c(c1)CC[C@H]1[C@@](CS(=O)(=O)[O-])(C(=O)[O-])CCC[C@]21C.[Mg+2]. The van der Waals surface area contributed by atoms with Gasteiger partial charge in [0.2, 0.25) is 0 Å². The van der Waals surface area contributed by atoms with Gasteiger partial charge in [0.1, 0.15) is 0 Å². The Morgan fingerprint density at radius 1 is 1.30 bits per heavy atom. The summed E-state index contributed by atoms with van der Waals surface area (Å²) >= 11 is 0. The van der Waals surface area contributed by atoms with E-state index in [2.05, 4.69) is 32.0 Å². The summed E-state index contributed by atoms with van der Waals surface area (Å²) in [6.07, 6.45) is 2.82. The van der Waals surface area contributed by atoms with Gasteiger partial charge in [0.05, 0.1) is 10.1 Å². The van der Waals surface area contributed by atoms with Crippen molar-refractivity contribution in [2.45, 2.75) is 64.2 Å². The number of aliphatic carboxylic acids is 1. The number of carbonyl (C=O) groups excluding carboxylic acids is 1. The number of fused-ring (bicyclic) bond motifs is 3. The van der Waals surface area contributed by atoms with E-state index in [-0.39, 0.29) is 29.5 Å². The van der Waals surface area contributed by atoms with Crippen molar-refractivity contribution >= 4 is 39.1 Å². The summed E-state index contributed by atoms with van der Waals surface area (Å²) in [6.45, 7) is 6.30. The molecule has 0 aliphatic heterocycles. The zero-order chi connectivity index (χ0) is 19.3. The van der Waals surface area contributed by atoms with Crippen LogP contribution in [0.5, 0.6) is 0 Å². The molecular weight excluding hydrogens is 377 g/mol. The maximum atomic E-state index is 12.1. The minimum absolute atomic E-state index is 0. The molecule has 0 unspecified atom stereocenters. The third kappa shape index (κ3) is 3.93. The summed E-state index contributed by atoms with van der Waals surface area (Å²) < 4.78 is 34.5. The van der Waals surface area contributed by atoms with Crippen LogP contribution in [-0.4, -0.2) is 47.7 Å².